The lowest BCUT2D eigenvalue weighted by molar-refractivity contribution is 0.727. The van der Waals surface area contributed by atoms with E-state index in [0.29, 0.717) is 22.9 Å². The molecule has 0 unspecified atom stereocenters. The normalized spacial score (nSPS) is 11.3. The number of nitrogens with one attached hydrogen (secondary N) is 1. The first kappa shape index (κ1) is 19.3. The number of imidazole rings is 1. The molecule has 148 valence electrons. The van der Waals surface area contributed by atoms with Crippen LogP contribution in [0, 0.1) is 13.8 Å². The maximum atomic E-state index is 12.6. The third kappa shape index (κ3) is 3.91. The summed E-state index contributed by atoms with van der Waals surface area (Å²) in [4.78, 5) is 31.7. The highest BCUT2D eigenvalue weighted by Gasteiger charge is 2.18. The highest BCUT2D eigenvalue weighted by atomic mass is 32.2. The number of hydrogen-bond donors (Lipinski definition) is 1. The predicted molar refractivity (Wildman–Crippen MR) is 117 cm³/mol. The Labute approximate surface area is 172 Å². The van der Waals surface area contributed by atoms with Crippen LogP contribution in [0.3, 0.4) is 0 Å². The third-order valence-corrected chi connectivity index (χ3v) is 5.93. The summed E-state index contributed by atoms with van der Waals surface area (Å²) in [5.74, 6) is 0.725. The molecule has 6 nitrogen and oxygen atoms in total. The Morgan fingerprint density at radius 3 is 2.48 bits per heavy atom. The fraction of sp³-hybridized carbons (Fsp3) is 0.227. The van der Waals surface area contributed by atoms with E-state index in [1.807, 2.05) is 29.7 Å². The first-order valence-corrected chi connectivity index (χ1v) is 10.3. The molecule has 29 heavy (non-hydrogen) atoms. The van der Waals surface area contributed by atoms with Crippen molar-refractivity contribution in [1.82, 2.24) is 19.1 Å². The number of hydrogen-bond acceptors (Lipinski definition) is 4. The average molecular weight is 407 g/mol. The first-order chi connectivity index (χ1) is 13.9. The summed E-state index contributed by atoms with van der Waals surface area (Å²) >= 11 is 1.56. The van der Waals surface area contributed by atoms with Crippen molar-refractivity contribution >= 4 is 22.9 Å². The number of fused-ring (bicyclic) bond motifs is 1. The van der Waals surface area contributed by atoms with Gasteiger partial charge in [0.05, 0.1) is 6.54 Å². The van der Waals surface area contributed by atoms with Crippen LogP contribution in [0.15, 0.2) is 63.3 Å². The molecule has 4 aromatic rings. The molecule has 4 rings (SSSR count). The highest BCUT2D eigenvalue weighted by Crippen LogP contribution is 2.26. The molecule has 0 saturated heterocycles. The topological polar surface area (TPSA) is 72.7 Å². The van der Waals surface area contributed by atoms with Gasteiger partial charge in [0.25, 0.3) is 5.56 Å². The van der Waals surface area contributed by atoms with Crippen molar-refractivity contribution < 1.29 is 0 Å². The predicted octanol–water partition coefficient (Wildman–Crippen LogP) is 3.38. The number of aryl methyl sites for hydroxylation is 3. The molecule has 0 aliphatic rings. The molecule has 0 saturated carbocycles. The standard InChI is InChI=1S/C22H22N4O2S/c1-14-7-9-16(10-8-14)13-29-22-23-19-18(20(27)24-21(28)25(19)3)26(22)12-17-6-4-5-15(2)11-17/h4-11H,12-13H2,1-3H3,(H,24,27,28). The third-order valence-electron chi connectivity index (χ3n) is 4.88. The smallest absolute Gasteiger partial charge is 0.309 e. The minimum atomic E-state index is -0.460. The molecule has 2 heterocycles. The van der Waals surface area contributed by atoms with Crippen molar-refractivity contribution in [2.45, 2.75) is 31.3 Å². The van der Waals surface area contributed by atoms with Gasteiger partial charge >= 0.3 is 5.69 Å². The quantitative estimate of drug-likeness (QED) is 0.516. The van der Waals surface area contributed by atoms with Crippen molar-refractivity contribution in [3.63, 3.8) is 0 Å². The minimum Gasteiger partial charge on any atom is -0.309 e. The molecule has 0 radical (unpaired) electrons. The lowest BCUT2D eigenvalue weighted by Crippen LogP contribution is -2.29. The molecule has 0 amide bonds. The first-order valence-electron chi connectivity index (χ1n) is 9.36. The maximum Gasteiger partial charge on any atom is 0.329 e. The molecule has 0 aliphatic carbocycles. The SMILES string of the molecule is Cc1ccc(CSc2nc3c(c(=O)[nH]c(=O)n3C)n2Cc2cccc(C)c2)cc1. The molecular weight excluding hydrogens is 384 g/mol. The van der Waals surface area contributed by atoms with Gasteiger partial charge in [0.15, 0.2) is 16.3 Å². The monoisotopic (exact) mass is 406 g/mol. The Morgan fingerprint density at radius 2 is 1.76 bits per heavy atom. The van der Waals surface area contributed by atoms with Crippen LogP contribution >= 0.6 is 11.8 Å². The molecule has 0 aliphatic heterocycles. The van der Waals surface area contributed by atoms with Crippen molar-refractivity contribution in [2.24, 2.45) is 7.05 Å². The van der Waals surface area contributed by atoms with Gasteiger partial charge in [-0.1, -0.05) is 71.4 Å². The second-order valence-corrected chi connectivity index (χ2v) is 8.18. The summed E-state index contributed by atoms with van der Waals surface area (Å²) in [5.41, 5.74) is 4.57. The van der Waals surface area contributed by atoms with Gasteiger partial charge in [-0.15, -0.1) is 0 Å². The van der Waals surface area contributed by atoms with E-state index in [2.05, 4.69) is 47.2 Å². The highest BCUT2D eigenvalue weighted by molar-refractivity contribution is 7.98. The maximum absolute atomic E-state index is 12.6. The van der Waals surface area contributed by atoms with Gasteiger partial charge in [-0.2, -0.15) is 0 Å². The number of thioether (sulfide) groups is 1. The number of rotatable bonds is 5. The molecule has 2 aromatic carbocycles. The van der Waals surface area contributed by atoms with E-state index in [1.165, 1.54) is 15.7 Å². The van der Waals surface area contributed by atoms with Crippen LogP contribution in [0.25, 0.3) is 11.2 Å². The second kappa shape index (κ2) is 7.75. The molecule has 0 bridgehead atoms. The van der Waals surface area contributed by atoms with E-state index in [9.17, 15) is 9.59 Å². The second-order valence-electron chi connectivity index (χ2n) is 7.23. The van der Waals surface area contributed by atoms with Crippen molar-refractivity contribution in [1.29, 1.82) is 0 Å². The van der Waals surface area contributed by atoms with Crippen LogP contribution in [-0.2, 0) is 19.3 Å². The Balaban J connectivity index is 1.80. The van der Waals surface area contributed by atoms with Gasteiger partial charge in [0.1, 0.15) is 0 Å². The fourth-order valence-electron chi connectivity index (χ4n) is 3.30. The number of benzene rings is 2. The van der Waals surface area contributed by atoms with E-state index in [4.69, 9.17) is 0 Å². The zero-order chi connectivity index (χ0) is 20.5. The Bertz CT molecular complexity index is 1300. The molecule has 0 spiro atoms. The summed E-state index contributed by atoms with van der Waals surface area (Å²) in [5, 5.41) is 0.716. The molecule has 0 fully saturated rings. The van der Waals surface area contributed by atoms with E-state index in [1.54, 1.807) is 18.8 Å². The van der Waals surface area contributed by atoms with E-state index in [-0.39, 0.29) is 0 Å². The Morgan fingerprint density at radius 1 is 1.00 bits per heavy atom. The number of nitrogens with zero attached hydrogens (tertiary/aromatic N) is 3. The van der Waals surface area contributed by atoms with Gasteiger partial charge in [-0.3, -0.25) is 14.3 Å². The average Bonchev–Trinajstić information content (AvgIpc) is 3.05. The Kier molecular flexibility index (Phi) is 5.15. The van der Waals surface area contributed by atoms with Gasteiger partial charge < -0.3 is 4.57 Å². The summed E-state index contributed by atoms with van der Waals surface area (Å²) in [6.45, 7) is 4.61. The van der Waals surface area contributed by atoms with Gasteiger partial charge in [-0.05, 0) is 25.0 Å². The number of aromatic nitrogens is 4. The van der Waals surface area contributed by atoms with Crippen LogP contribution in [-0.4, -0.2) is 19.1 Å². The van der Waals surface area contributed by atoms with E-state index < -0.39 is 11.2 Å². The van der Waals surface area contributed by atoms with Gasteiger partial charge in [0, 0.05) is 12.8 Å². The molecule has 1 N–H and O–H groups in total. The summed E-state index contributed by atoms with van der Waals surface area (Å²) in [6.07, 6.45) is 0. The molecule has 7 heteroatoms. The minimum absolute atomic E-state index is 0.401. The molecular formula is C22H22N4O2S. The van der Waals surface area contributed by atoms with Crippen LogP contribution in [0.2, 0.25) is 0 Å². The summed E-state index contributed by atoms with van der Waals surface area (Å²) in [7, 11) is 1.62. The largest absolute Gasteiger partial charge is 0.329 e. The fourth-order valence-corrected chi connectivity index (χ4v) is 4.25. The van der Waals surface area contributed by atoms with Crippen LogP contribution in [0.5, 0.6) is 0 Å². The van der Waals surface area contributed by atoms with Crippen LogP contribution < -0.4 is 11.2 Å². The molecule has 0 atom stereocenters. The van der Waals surface area contributed by atoms with Crippen molar-refractivity contribution in [3.8, 4) is 0 Å². The zero-order valence-electron chi connectivity index (χ0n) is 16.6. The van der Waals surface area contributed by atoms with Gasteiger partial charge in [-0.25, -0.2) is 9.78 Å². The number of aromatic amines is 1. The lowest BCUT2D eigenvalue weighted by Gasteiger charge is -2.09. The van der Waals surface area contributed by atoms with E-state index >= 15 is 0 Å². The summed E-state index contributed by atoms with van der Waals surface area (Å²) < 4.78 is 3.29. The van der Waals surface area contributed by atoms with Crippen LogP contribution in [0.4, 0.5) is 0 Å². The van der Waals surface area contributed by atoms with Crippen LogP contribution in [0.1, 0.15) is 22.3 Å². The van der Waals surface area contributed by atoms with Crippen molar-refractivity contribution in [2.75, 3.05) is 0 Å². The lowest BCUT2D eigenvalue weighted by atomic mass is 10.1. The molecule has 2 aromatic heterocycles. The summed E-state index contributed by atoms with van der Waals surface area (Å²) in [6, 6.07) is 16.5. The van der Waals surface area contributed by atoms with E-state index in [0.717, 1.165) is 16.9 Å². The number of H-pyrrole nitrogens is 1. The Hall–Kier alpha value is -3.06. The van der Waals surface area contributed by atoms with Gasteiger partial charge in [0.2, 0.25) is 0 Å². The zero-order valence-corrected chi connectivity index (χ0v) is 17.4. The van der Waals surface area contributed by atoms with Crippen molar-refractivity contribution in [3.05, 3.63) is 91.6 Å².